The molecule has 0 rings (SSSR count). The fourth-order valence-corrected chi connectivity index (χ4v) is 0.507. The van der Waals surface area contributed by atoms with Crippen LogP contribution in [0.15, 0.2) is 0 Å². The van der Waals surface area contributed by atoms with E-state index in [0.29, 0.717) is 12.9 Å². The molecule has 5 nitrogen and oxygen atoms in total. The Morgan fingerprint density at radius 2 is 2.36 bits per heavy atom. The van der Waals surface area contributed by atoms with Crippen LogP contribution in [0.4, 0.5) is 4.79 Å². The Labute approximate surface area is 64.5 Å². The normalized spacial score (nSPS) is 11.7. The van der Waals surface area contributed by atoms with Crippen LogP contribution in [-0.4, -0.2) is 25.3 Å². The minimum Gasteiger partial charge on any atom is -0.461 e. The van der Waals surface area contributed by atoms with E-state index in [0.717, 1.165) is 0 Å². The van der Waals surface area contributed by atoms with Gasteiger partial charge in [0.25, 0.3) is 6.47 Å². The van der Waals surface area contributed by atoms with Crippen LogP contribution in [0.5, 0.6) is 0 Å². The van der Waals surface area contributed by atoms with Crippen LogP contribution >= 0.6 is 0 Å². The molecule has 0 unspecified atom stereocenters. The van der Waals surface area contributed by atoms with Gasteiger partial charge in [-0.15, -0.1) is 0 Å². The van der Waals surface area contributed by atoms with Gasteiger partial charge in [0.05, 0.1) is 0 Å². The minimum atomic E-state index is -0.863. The SMILES string of the molecule is CC[C@H](COC(N)=O)OC=O. The Morgan fingerprint density at radius 3 is 2.73 bits per heavy atom. The van der Waals surface area contributed by atoms with Gasteiger partial charge in [-0.3, -0.25) is 4.79 Å². The van der Waals surface area contributed by atoms with Crippen molar-refractivity contribution in [1.82, 2.24) is 0 Å². The van der Waals surface area contributed by atoms with E-state index in [1.54, 1.807) is 6.92 Å². The van der Waals surface area contributed by atoms with Crippen LogP contribution in [0.3, 0.4) is 0 Å². The van der Waals surface area contributed by atoms with Gasteiger partial charge in [0.1, 0.15) is 12.7 Å². The van der Waals surface area contributed by atoms with Crippen LogP contribution in [0.2, 0.25) is 0 Å². The van der Waals surface area contributed by atoms with Crippen LogP contribution in [0, 0.1) is 0 Å². The zero-order valence-electron chi connectivity index (χ0n) is 6.28. The first-order valence-electron chi connectivity index (χ1n) is 3.22. The van der Waals surface area contributed by atoms with Crippen molar-refractivity contribution in [3.63, 3.8) is 0 Å². The van der Waals surface area contributed by atoms with Gasteiger partial charge in [-0.05, 0) is 6.42 Å². The Hall–Kier alpha value is -1.26. The molecule has 0 radical (unpaired) electrons. The molecule has 0 aromatic carbocycles. The summed E-state index contributed by atoms with van der Waals surface area (Å²) in [6.07, 6.45) is -0.663. The Morgan fingerprint density at radius 1 is 1.73 bits per heavy atom. The highest BCUT2D eigenvalue weighted by atomic mass is 16.6. The summed E-state index contributed by atoms with van der Waals surface area (Å²) in [6.45, 7) is 2.14. The first kappa shape index (κ1) is 9.74. The second-order valence-corrected chi connectivity index (χ2v) is 1.89. The molecule has 0 bridgehead atoms. The first-order valence-corrected chi connectivity index (χ1v) is 3.22. The molecule has 0 aromatic rings. The maximum absolute atomic E-state index is 10.1. The summed E-state index contributed by atoms with van der Waals surface area (Å²) in [6, 6.07) is 0. The molecule has 0 aliphatic heterocycles. The van der Waals surface area contributed by atoms with Crippen LogP contribution in [0.25, 0.3) is 0 Å². The zero-order valence-corrected chi connectivity index (χ0v) is 6.28. The van der Waals surface area contributed by atoms with Gasteiger partial charge in [-0.2, -0.15) is 0 Å². The largest absolute Gasteiger partial charge is 0.461 e. The van der Waals surface area contributed by atoms with Crippen molar-refractivity contribution in [1.29, 1.82) is 0 Å². The number of ether oxygens (including phenoxy) is 2. The molecule has 1 amide bonds. The number of carbonyl (C=O) groups excluding carboxylic acids is 2. The average molecular weight is 161 g/mol. The van der Waals surface area contributed by atoms with Crippen molar-refractivity contribution in [3.8, 4) is 0 Å². The number of rotatable bonds is 5. The van der Waals surface area contributed by atoms with Crippen molar-refractivity contribution in [3.05, 3.63) is 0 Å². The van der Waals surface area contributed by atoms with Gasteiger partial charge in [0, 0.05) is 0 Å². The van der Waals surface area contributed by atoms with Crippen molar-refractivity contribution in [2.24, 2.45) is 5.73 Å². The third-order valence-corrected chi connectivity index (χ3v) is 1.11. The quantitative estimate of drug-likeness (QED) is 0.577. The maximum atomic E-state index is 10.1. The lowest BCUT2D eigenvalue weighted by molar-refractivity contribution is -0.135. The van der Waals surface area contributed by atoms with Crippen molar-refractivity contribution in [2.75, 3.05) is 6.61 Å². The molecule has 0 heterocycles. The monoisotopic (exact) mass is 161 g/mol. The predicted molar refractivity (Wildman–Crippen MR) is 36.8 cm³/mol. The summed E-state index contributed by atoms with van der Waals surface area (Å²) in [4.78, 5) is 19.9. The van der Waals surface area contributed by atoms with Gasteiger partial charge in [0.2, 0.25) is 0 Å². The predicted octanol–water partition coefficient (Wildman–Crippen LogP) is 0.0333. The highest BCUT2D eigenvalue weighted by molar-refractivity contribution is 5.64. The highest BCUT2D eigenvalue weighted by Crippen LogP contribution is 1.96. The summed E-state index contributed by atoms with van der Waals surface area (Å²) >= 11 is 0. The molecular formula is C6H11NO4. The fraction of sp³-hybridized carbons (Fsp3) is 0.667. The summed E-state index contributed by atoms with van der Waals surface area (Å²) < 4.78 is 8.93. The summed E-state index contributed by atoms with van der Waals surface area (Å²) in [5, 5.41) is 0. The molecule has 64 valence electrons. The highest BCUT2D eigenvalue weighted by Gasteiger charge is 2.07. The number of hydrogen-bond donors (Lipinski definition) is 1. The van der Waals surface area contributed by atoms with E-state index in [-0.39, 0.29) is 12.7 Å². The van der Waals surface area contributed by atoms with E-state index in [1.165, 1.54) is 0 Å². The average Bonchev–Trinajstić information content (AvgIpc) is 1.97. The van der Waals surface area contributed by atoms with Gasteiger partial charge in [-0.25, -0.2) is 4.79 Å². The Balaban J connectivity index is 3.51. The molecule has 11 heavy (non-hydrogen) atoms. The molecule has 2 N–H and O–H groups in total. The van der Waals surface area contributed by atoms with Gasteiger partial charge < -0.3 is 15.2 Å². The van der Waals surface area contributed by atoms with E-state index in [9.17, 15) is 9.59 Å². The lowest BCUT2D eigenvalue weighted by atomic mass is 10.3. The van der Waals surface area contributed by atoms with Crippen molar-refractivity contribution < 1.29 is 19.1 Å². The smallest absolute Gasteiger partial charge is 0.404 e. The number of amides is 1. The molecule has 0 saturated carbocycles. The minimum absolute atomic E-state index is 0.0184. The molecule has 0 aromatic heterocycles. The van der Waals surface area contributed by atoms with E-state index >= 15 is 0 Å². The zero-order chi connectivity index (χ0) is 8.69. The fourth-order valence-electron chi connectivity index (χ4n) is 0.507. The lowest BCUT2D eigenvalue weighted by Gasteiger charge is -2.11. The van der Waals surface area contributed by atoms with E-state index in [1.807, 2.05) is 0 Å². The molecule has 0 aliphatic carbocycles. The number of nitrogens with two attached hydrogens (primary N) is 1. The van der Waals surface area contributed by atoms with E-state index < -0.39 is 6.09 Å². The Kier molecular flexibility index (Phi) is 4.89. The molecule has 0 saturated heterocycles. The Bertz CT molecular complexity index is 137. The number of hydrogen-bond acceptors (Lipinski definition) is 4. The van der Waals surface area contributed by atoms with Crippen LogP contribution in [0.1, 0.15) is 13.3 Å². The van der Waals surface area contributed by atoms with Crippen LogP contribution < -0.4 is 5.73 Å². The third-order valence-electron chi connectivity index (χ3n) is 1.11. The molecule has 0 fully saturated rings. The lowest BCUT2D eigenvalue weighted by Crippen LogP contribution is -2.23. The first-order chi connectivity index (χ1) is 5.20. The third kappa shape index (κ3) is 5.20. The molecular weight excluding hydrogens is 150 g/mol. The molecule has 0 aliphatic rings. The summed E-state index contributed by atoms with van der Waals surface area (Å²) in [7, 11) is 0. The van der Waals surface area contributed by atoms with E-state index in [2.05, 4.69) is 15.2 Å². The van der Waals surface area contributed by atoms with Crippen molar-refractivity contribution >= 4 is 12.6 Å². The topological polar surface area (TPSA) is 78.6 Å². The maximum Gasteiger partial charge on any atom is 0.404 e. The summed E-state index contributed by atoms with van der Waals surface area (Å²) in [5.74, 6) is 0. The van der Waals surface area contributed by atoms with Gasteiger partial charge in [0.15, 0.2) is 0 Å². The molecule has 5 heteroatoms. The molecule has 0 spiro atoms. The molecule has 1 atom stereocenters. The van der Waals surface area contributed by atoms with Gasteiger partial charge in [-0.1, -0.05) is 6.92 Å². The van der Waals surface area contributed by atoms with Gasteiger partial charge >= 0.3 is 6.09 Å². The summed E-state index contributed by atoms with van der Waals surface area (Å²) in [5.41, 5.74) is 4.69. The second-order valence-electron chi connectivity index (χ2n) is 1.89. The number of carbonyl (C=O) groups is 2. The second kappa shape index (κ2) is 5.52. The number of primary amides is 1. The standard InChI is InChI=1S/C6H11NO4/c1-2-5(11-4-8)3-10-6(7)9/h4-5H,2-3H2,1H3,(H2,7,9)/t5-/m1/s1. The van der Waals surface area contributed by atoms with E-state index in [4.69, 9.17) is 0 Å². The van der Waals surface area contributed by atoms with Crippen molar-refractivity contribution in [2.45, 2.75) is 19.4 Å². The van der Waals surface area contributed by atoms with Crippen LogP contribution in [-0.2, 0) is 14.3 Å².